The van der Waals surface area contributed by atoms with Gasteiger partial charge in [-0.25, -0.2) is 4.68 Å². The molecule has 0 atom stereocenters. The molecular formula is C22H24N2O3. The third-order valence-corrected chi connectivity index (χ3v) is 4.32. The van der Waals surface area contributed by atoms with Crippen LogP contribution in [0.3, 0.4) is 0 Å². The fraction of sp³-hybridized carbons (Fsp3) is 0.318. The first-order chi connectivity index (χ1) is 13.0. The predicted molar refractivity (Wildman–Crippen MR) is 107 cm³/mol. The number of nitrogens with zero attached hydrogens (tertiary/aromatic N) is 2. The average Bonchev–Trinajstić information content (AvgIpc) is 2.65. The van der Waals surface area contributed by atoms with Crippen LogP contribution in [0.5, 0.6) is 0 Å². The van der Waals surface area contributed by atoms with E-state index < -0.39 is 5.97 Å². The summed E-state index contributed by atoms with van der Waals surface area (Å²) in [4.78, 5) is 24.6. The van der Waals surface area contributed by atoms with Crippen molar-refractivity contribution in [2.75, 3.05) is 6.61 Å². The Morgan fingerprint density at radius 3 is 2.37 bits per heavy atom. The summed E-state index contributed by atoms with van der Waals surface area (Å²) in [7, 11) is 0. The van der Waals surface area contributed by atoms with Gasteiger partial charge in [0.15, 0.2) is 0 Å². The largest absolute Gasteiger partial charge is 0.465 e. The number of rotatable bonds is 6. The van der Waals surface area contributed by atoms with Crippen molar-refractivity contribution in [2.45, 2.75) is 33.7 Å². The Bertz CT molecular complexity index is 1000. The van der Waals surface area contributed by atoms with Crippen LogP contribution >= 0.6 is 0 Å². The third kappa shape index (κ3) is 4.25. The van der Waals surface area contributed by atoms with Crippen LogP contribution in [0.25, 0.3) is 22.0 Å². The molecule has 0 fully saturated rings. The molecule has 0 N–H and O–H groups in total. The first kappa shape index (κ1) is 18.8. The lowest BCUT2D eigenvalue weighted by Crippen LogP contribution is -2.28. The Morgan fingerprint density at radius 2 is 1.74 bits per heavy atom. The maximum absolute atomic E-state index is 12.7. The number of benzene rings is 2. The molecule has 140 valence electrons. The highest BCUT2D eigenvalue weighted by Crippen LogP contribution is 2.25. The van der Waals surface area contributed by atoms with Crippen molar-refractivity contribution in [3.63, 3.8) is 0 Å². The molecule has 2 aromatic carbocycles. The number of carbonyl (C=O) groups excluding carboxylic acids is 1. The third-order valence-electron chi connectivity index (χ3n) is 4.32. The molecule has 3 aromatic rings. The van der Waals surface area contributed by atoms with Crippen LogP contribution in [0.15, 0.2) is 53.3 Å². The average molecular weight is 364 g/mol. The first-order valence-electron chi connectivity index (χ1n) is 9.24. The zero-order chi connectivity index (χ0) is 19.4. The highest BCUT2D eigenvalue weighted by Gasteiger charge is 2.14. The second kappa shape index (κ2) is 8.16. The molecule has 5 heteroatoms. The van der Waals surface area contributed by atoms with E-state index in [0.717, 1.165) is 17.4 Å². The van der Waals surface area contributed by atoms with Gasteiger partial charge in [0.25, 0.3) is 5.56 Å². The molecule has 1 aromatic heterocycles. The van der Waals surface area contributed by atoms with Gasteiger partial charge >= 0.3 is 5.97 Å². The lowest BCUT2D eigenvalue weighted by atomic mass is 9.99. The number of carbonyl (C=O) groups is 1. The standard InChI is InChI=1S/C22H24N2O3/c1-4-27-20(25)14-24-22(26)19-8-6-5-7-18(19)21(23-24)17-11-9-16(10-12-17)13-15(2)3/h5-12,15H,4,13-14H2,1-3H3. The predicted octanol–water partition coefficient (Wildman–Crippen LogP) is 3.83. The fourth-order valence-corrected chi connectivity index (χ4v) is 3.15. The fourth-order valence-electron chi connectivity index (χ4n) is 3.15. The summed E-state index contributed by atoms with van der Waals surface area (Å²) in [6, 6.07) is 15.6. The van der Waals surface area contributed by atoms with Gasteiger partial charge in [0.2, 0.25) is 0 Å². The van der Waals surface area contributed by atoms with E-state index in [9.17, 15) is 9.59 Å². The van der Waals surface area contributed by atoms with Crippen molar-refractivity contribution in [1.29, 1.82) is 0 Å². The molecule has 5 nitrogen and oxygen atoms in total. The minimum atomic E-state index is -0.472. The summed E-state index contributed by atoms with van der Waals surface area (Å²) in [6.45, 7) is 6.18. The molecule has 0 bridgehead atoms. The molecule has 0 saturated carbocycles. The summed E-state index contributed by atoms with van der Waals surface area (Å²) in [5.74, 6) is 0.113. The molecule has 0 aliphatic rings. The monoisotopic (exact) mass is 364 g/mol. The Balaban J connectivity index is 2.09. The number of esters is 1. The minimum absolute atomic E-state index is 0.198. The van der Waals surface area contributed by atoms with Gasteiger partial charge in [-0.2, -0.15) is 5.10 Å². The van der Waals surface area contributed by atoms with Gasteiger partial charge in [-0.3, -0.25) is 9.59 Å². The van der Waals surface area contributed by atoms with Crippen LogP contribution in [-0.2, 0) is 22.5 Å². The highest BCUT2D eigenvalue weighted by atomic mass is 16.5. The van der Waals surface area contributed by atoms with Crippen LogP contribution in [0.1, 0.15) is 26.3 Å². The van der Waals surface area contributed by atoms with E-state index >= 15 is 0 Å². The quantitative estimate of drug-likeness (QED) is 0.624. The van der Waals surface area contributed by atoms with E-state index in [0.29, 0.717) is 17.0 Å². The SMILES string of the molecule is CCOC(=O)Cn1nc(-c2ccc(CC(C)C)cc2)c2ccccc2c1=O. The van der Waals surface area contributed by atoms with E-state index in [2.05, 4.69) is 31.1 Å². The molecule has 3 rings (SSSR count). The normalized spacial score (nSPS) is 11.1. The van der Waals surface area contributed by atoms with E-state index in [1.165, 1.54) is 10.2 Å². The van der Waals surface area contributed by atoms with Gasteiger partial charge in [-0.05, 0) is 30.9 Å². The smallest absolute Gasteiger partial charge is 0.327 e. The molecule has 0 unspecified atom stereocenters. The maximum atomic E-state index is 12.7. The van der Waals surface area contributed by atoms with Crippen molar-refractivity contribution >= 4 is 16.7 Å². The van der Waals surface area contributed by atoms with Crippen LogP contribution in [0, 0.1) is 5.92 Å². The van der Waals surface area contributed by atoms with Gasteiger partial charge in [0.1, 0.15) is 6.54 Å². The summed E-state index contributed by atoms with van der Waals surface area (Å²) < 4.78 is 6.16. The number of hydrogen-bond donors (Lipinski definition) is 0. The Kier molecular flexibility index (Phi) is 5.69. The zero-order valence-corrected chi connectivity index (χ0v) is 15.9. The molecule has 0 amide bonds. The summed E-state index contributed by atoms with van der Waals surface area (Å²) in [5, 5.41) is 5.80. The van der Waals surface area contributed by atoms with Gasteiger partial charge < -0.3 is 4.74 Å². The van der Waals surface area contributed by atoms with E-state index in [1.54, 1.807) is 13.0 Å². The van der Waals surface area contributed by atoms with Crippen molar-refractivity contribution < 1.29 is 9.53 Å². The molecule has 0 spiro atoms. The molecule has 0 aliphatic carbocycles. The zero-order valence-electron chi connectivity index (χ0n) is 15.9. The molecular weight excluding hydrogens is 340 g/mol. The van der Waals surface area contributed by atoms with Gasteiger partial charge in [-0.1, -0.05) is 56.3 Å². The van der Waals surface area contributed by atoms with Crippen LogP contribution in [-0.4, -0.2) is 22.4 Å². The first-order valence-corrected chi connectivity index (χ1v) is 9.24. The van der Waals surface area contributed by atoms with Gasteiger partial charge in [0, 0.05) is 10.9 Å². The van der Waals surface area contributed by atoms with Gasteiger partial charge in [-0.15, -0.1) is 0 Å². The van der Waals surface area contributed by atoms with Crippen LogP contribution in [0.2, 0.25) is 0 Å². The second-order valence-electron chi connectivity index (χ2n) is 6.96. The van der Waals surface area contributed by atoms with Crippen LogP contribution in [0.4, 0.5) is 0 Å². The summed E-state index contributed by atoms with van der Waals surface area (Å²) >= 11 is 0. The number of ether oxygens (including phenoxy) is 1. The summed E-state index contributed by atoms with van der Waals surface area (Å²) in [6.07, 6.45) is 1.01. The molecule has 0 saturated heterocycles. The molecule has 1 heterocycles. The van der Waals surface area contributed by atoms with Crippen molar-refractivity contribution in [1.82, 2.24) is 9.78 Å². The second-order valence-corrected chi connectivity index (χ2v) is 6.96. The lowest BCUT2D eigenvalue weighted by molar-refractivity contribution is -0.144. The molecule has 0 radical (unpaired) electrons. The lowest BCUT2D eigenvalue weighted by Gasteiger charge is -2.12. The minimum Gasteiger partial charge on any atom is -0.465 e. The Hall–Kier alpha value is -2.95. The van der Waals surface area contributed by atoms with E-state index in [-0.39, 0.29) is 18.7 Å². The van der Waals surface area contributed by atoms with Crippen molar-refractivity contribution in [2.24, 2.45) is 5.92 Å². The van der Waals surface area contributed by atoms with E-state index in [4.69, 9.17) is 4.74 Å². The van der Waals surface area contributed by atoms with Crippen molar-refractivity contribution in [3.05, 3.63) is 64.4 Å². The molecule has 0 aliphatic heterocycles. The Labute approximate surface area is 158 Å². The maximum Gasteiger partial charge on any atom is 0.327 e. The number of hydrogen-bond acceptors (Lipinski definition) is 4. The van der Waals surface area contributed by atoms with Crippen LogP contribution < -0.4 is 5.56 Å². The number of aromatic nitrogens is 2. The van der Waals surface area contributed by atoms with E-state index in [1.807, 2.05) is 30.3 Å². The van der Waals surface area contributed by atoms with Crippen molar-refractivity contribution in [3.8, 4) is 11.3 Å². The Morgan fingerprint density at radius 1 is 1.07 bits per heavy atom. The summed E-state index contributed by atoms with van der Waals surface area (Å²) in [5.41, 5.74) is 2.57. The number of fused-ring (bicyclic) bond motifs is 1. The van der Waals surface area contributed by atoms with Gasteiger partial charge in [0.05, 0.1) is 17.7 Å². The topological polar surface area (TPSA) is 61.2 Å². The highest BCUT2D eigenvalue weighted by molar-refractivity contribution is 5.93. The molecule has 27 heavy (non-hydrogen) atoms.